The van der Waals surface area contributed by atoms with E-state index in [1.165, 1.54) is 18.7 Å². The Balaban J connectivity index is 2.63. The molecule has 0 spiro atoms. The second kappa shape index (κ2) is 5.41. The van der Waals surface area contributed by atoms with E-state index < -0.39 is 0 Å². The molecule has 15 heavy (non-hydrogen) atoms. The van der Waals surface area contributed by atoms with Crippen LogP contribution in [0.4, 0.5) is 0 Å². The number of aliphatic hydroxyl groups is 1. The van der Waals surface area contributed by atoms with Gasteiger partial charge in [-0.2, -0.15) is 0 Å². The zero-order chi connectivity index (χ0) is 11.3. The van der Waals surface area contributed by atoms with Crippen molar-refractivity contribution in [3.63, 3.8) is 0 Å². The lowest BCUT2D eigenvalue weighted by Crippen LogP contribution is -2.41. The minimum atomic E-state index is -0.261. The first-order chi connectivity index (χ1) is 7.15. The number of hydrogen-bond donors (Lipinski definition) is 2. The SMILES string of the molecule is CC(C)C(CO)NC(=O)c1cncnc1. The molecule has 1 rings (SSSR count). The highest BCUT2D eigenvalue weighted by molar-refractivity contribution is 5.93. The zero-order valence-electron chi connectivity index (χ0n) is 8.84. The van der Waals surface area contributed by atoms with E-state index in [4.69, 9.17) is 5.11 Å². The van der Waals surface area contributed by atoms with Crippen molar-refractivity contribution in [1.29, 1.82) is 0 Å². The molecule has 0 aliphatic rings. The molecular weight excluding hydrogens is 194 g/mol. The number of rotatable bonds is 4. The molecule has 0 aromatic carbocycles. The number of aliphatic hydroxyl groups excluding tert-OH is 1. The predicted molar refractivity (Wildman–Crippen MR) is 55.2 cm³/mol. The van der Waals surface area contributed by atoms with Crippen molar-refractivity contribution in [2.45, 2.75) is 19.9 Å². The Labute approximate surface area is 88.6 Å². The predicted octanol–water partition coefficient (Wildman–Crippen LogP) is 0.223. The molecule has 5 heteroatoms. The summed E-state index contributed by atoms with van der Waals surface area (Å²) in [7, 11) is 0. The fourth-order valence-corrected chi connectivity index (χ4v) is 1.09. The third kappa shape index (κ3) is 3.28. The van der Waals surface area contributed by atoms with Crippen LogP contribution in [0.5, 0.6) is 0 Å². The van der Waals surface area contributed by atoms with Crippen molar-refractivity contribution in [2.75, 3.05) is 6.61 Å². The van der Waals surface area contributed by atoms with E-state index in [-0.39, 0.29) is 24.5 Å². The molecule has 0 radical (unpaired) electrons. The van der Waals surface area contributed by atoms with Gasteiger partial charge in [0.1, 0.15) is 6.33 Å². The molecule has 0 aliphatic carbocycles. The standard InChI is InChI=1S/C10H15N3O2/c1-7(2)9(5-14)13-10(15)8-3-11-6-12-4-8/h3-4,6-7,9,14H,5H2,1-2H3,(H,13,15). The van der Waals surface area contributed by atoms with Crippen LogP contribution in [-0.4, -0.2) is 33.6 Å². The highest BCUT2D eigenvalue weighted by atomic mass is 16.3. The largest absolute Gasteiger partial charge is 0.394 e. The molecule has 82 valence electrons. The Kier molecular flexibility index (Phi) is 4.17. The van der Waals surface area contributed by atoms with Crippen LogP contribution in [0, 0.1) is 5.92 Å². The van der Waals surface area contributed by atoms with Crippen molar-refractivity contribution in [1.82, 2.24) is 15.3 Å². The second-order valence-corrected chi connectivity index (χ2v) is 3.63. The van der Waals surface area contributed by atoms with Crippen molar-refractivity contribution in [2.24, 2.45) is 5.92 Å². The molecule has 2 N–H and O–H groups in total. The van der Waals surface area contributed by atoms with Crippen molar-refractivity contribution in [3.8, 4) is 0 Å². The van der Waals surface area contributed by atoms with E-state index >= 15 is 0 Å². The Morgan fingerprint density at radius 1 is 1.47 bits per heavy atom. The Bertz CT molecular complexity index is 314. The molecule has 1 aromatic rings. The molecule has 1 heterocycles. The molecule has 1 unspecified atom stereocenters. The van der Waals surface area contributed by atoms with Gasteiger partial charge in [-0.25, -0.2) is 9.97 Å². The molecule has 5 nitrogen and oxygen atoms in total. The number of amides is 1. The van der Waals surface area contributed by atoms with E-state index in [9.17, 15) is 4.79 Å². The quantitative estimate of drug-likeness (QED) is 0.744. The summed E-state index contributed by atoms with van der Waals surface area (Å²) in [5.41, 5.74) is 0.400. The summed E-state index contributed by atoms with van der Waals surface area (Å²) in [6.45, 7) is 3.79. The number of nitrogens with zero attached hydrogens (tertiary/aromatic N) is 2. The van der Waals surface area contributed by atoms with Gasteiger partial charge in [0.15, 0.2) is 0 Å². The van der Waals surface area contributed by atoms with Crippen molar-refractivity contribution in [3.05, 3.63) is 24.3 Å². The molecule has 1 amide bonds. The van der Waals surface area contributed by atoms with Gasteiger partial charge in [-0.1, -0.05) is 13.8 Å². The fraction of sp³-hybridized carbons (Fsp3) is 0.500. The van der Waals surface area contributed by atoms with Crippen molar-refractivity contribution < 1.29 is 9.90 Å². The van der Waals surface area contributed by atoms with E-state index in [1.807, 2.05) is 13.8 Å². The Morgan fingerprint density at radius 3 is 2.53 bits per heavy atom. The molecule has 1 aromatic heterocycles. The van der Waals surface area contributed by atoms with Crippen molar-refractivity contribution >= 4 is 5.91 Å². The number of nitrogens with one attached hydrogen (secondary N) is 1. The summed E-state index contributed by atoms with van der Waals surface area (Å²) in [5.74, 6) is -0.0769. The Morgan fingerprint density at radius 2 is 2.07 bits per heavy atom. The van der Waals surface area contributed by atoms with Gasteiger partial charge in [0.05, 0.1) is 18.2 Å². The molecule has 1 atom stereocenters. The van der Waals surface area contributed by atoms with Gasteiger partial charge >= 0.3 is 0 Å². The van der Waals surface area contributed by atoms with E-state index in [0.29, 0.717) is 5.56 Å². The van der Waals surface area contributed by atoms with Crippen LogP contribution < -0.4 is 5.32 Å². The normalized spacial score (nSPS) is 12.5. The maximum Gasteiger partial charge on any atom is 0.254 e. The summed E-state index contributed by atoms with van der Waals surface area (Å²) in [6, 6.07) is -0.238. The van der Waals surface area contributed by atoms with Gasteiger partial charge in [-0.05, 0) is 5.92 Å². The Hall–Kier alpha value is -1.49. The minimum Gasteiger partial charge on any atom is -0.394 e. The fourth-order valence-electron chi connectivity index (χ4n) is 1.09. The van der Waals surface area contributed by atoms with Crippen LogP contribution in [0.25, 0.3) is 0 Å². The molecule has 0 aliphatic heterocycles. The first kappa shape index (κ1) is 11.6. The maximum atomic E-state index is 11.6. The van der Waals surface area contributed by atoms with E-state index in [2.05, 4.69) is 15.3 Å². The number of aromatic nitrogens is 2. The summed E-state index contributed by atoms with van der Waals surface area (Å²) >= 11 is 0. The summed E-state index contributed by atoms with van der Waals surface area (Å²) in [4.78, 5) is 19.1. The minimum absolute atomic E-state index is 0.0723. The average molecular weight is 209 g/mol. The van der Waals surface area contributed by atoms with Gasteiger partial charge in [0.25, 0.3) is 5.91 Å². The van der Waals surface area contributed by atoms with E-state index in [0.717, 1.165) is 0 Å². The van der Waals surface area contributed by atoms with Gasteiger partial charge < -0.3 is 10.4 Å². The van der Waals surface area contributed by atoms with Crippen LogP contribution in [0.3, 0.4) is 0 Å². The van der Waals surface area contributed by atoms with Crippen LogP contribution in [0.15, 0.2) is 18.7 Å². The highest BCUT2D eigenvalue weighted by Gasteiger charge is 2.16. The summed E-state index contributed by atoms with van der Waals surface area (Å²) in [5, 5.41) is 11.8. The summed E-state index contributed by atoms with van der Waals surface area (Å²) in [6.07, 6.45) is 4.25. The molecule has 0 bridgehead atoms. The molecule has 0 fully saturated rings. The zero-order valence-corrected chi connectivity index (χ0v) is 8.84. The topological polar surface area (TPSA) is 75.1 Å². The van der Waals surface area contributed by atoms with Gasteiger partial charge in [0.2, 0.25) is 0 Å². The van der Waals surface area contributed by atoms with Gasteiger partial charge in [-0.3, -0.25) is 4.79 Å². The molecule has 0 saturated carbocycles. The monoisotopic (exact) mass is 209 g/mol. The third-order valence-electron chi connectivity index (χ3n) is 2.14. The highest BCUT2D eigenvalue weighted by Crippen LogP contribution is 2.02. The third-order valence-corrected chi connectivity index (χ3v) is 2.14. The summed E-state index contributed by atoms with van der Waals surface area (Å²) < 4.78 is 0. The molecular formula is C10H15N3O2. The number of hydrogen-bond acceptors (Lipinski definition) is 4. The van der Waals surface area contributed by atoms with Crippen LogP contribution in [0.1, 0.15) is 24.2 Å². The lowest BCUT2D eigenvalue weighted by Gasteiger charge is -2.19. The molecule has 0 saturated heterocycles. The van der Waals surface area contributed by atoms with Crippen LogP contribution >= 0.6 is 0 Å². The lowest BCUT2D eigenvalue weighted by molar-refractivity contribution is 0.0896. The van der Waals surface area contributed by atoms with Gasteiger partial charge in [0, 0.05) is 12.4 Å². The van der Waals surface area contributed by atoms with E-state index in [1.54, 1.807) is 0 Å². The number of carbonyl (C=O) groups excluding carboxylic acids is 1. The smallest absolute Gasteiger partial charge is 0.254 e. The maximum absolute atomic E-state index is 11.6. The number of carbonyl (C=O) groups is 1. The lowest BCUT2D eigenvalue weighted by atomic mass is 10.1. The average Bonchev–Trinajstić information content (AvgIpc) is 2.26. The first-order valence-corrected chi connectivity index (χ1v) is 4.82. The first-order valence-electron chi connectivity index (χ1n) is 4.82. The van der Waals surface area contributed by atoms with Crippen LogP contribution in [-0.2, 0) is 0 Å². The second-order valence-electron chi connectivity index (χ2n) is 3.63. The van der Waals surface area contributed by atoms with Crippen LogP contribution in [0.2, 0.25) is 0 Å². The van der Waals surface area contributed by atoms with Gasteiger partial charge in [-0.15, -0.1) is 0 Å².